The van der Waals surface area contributed by atoms with Gasteiger partial charge in [0.2, 0.25) is 0 Å². The van der Waals surface area contributed by atoms with E-state index in [0.29, 0.717) is 15.4 Å². The van der Waals surface area contributed by atoms with Gasteiger partial charge in [0.1, 0.15) is 11.6 Å². The van der Waals surface area contributed by atoms with Crippen LogP contribution in [0.15, 0.2) is 47.4 Å². The molecule has 0 spiro atoms. The number of hydrogen-bond acceptors (Lipinski definition) is 3. The summed E-state index contributed by atoms with van der Waals surface area (Å²) in [6.07, 6.45) is -0.552. The highest BCUT2D eigenvalue weighted by Crippen LogP contribution is 2.27. The molecule has 0 heterocycles. The standard InChI is InChI=1S/C15H12ClF2NO4S/c16-10-1-4-12(5-2-10)24(22,23)19(8-7-15(20)21)14-6-3-11(17)9-13(14)18/h1-6,9H,7-8H2,(H,20,21). The molecule has 0 fully saturated rings. The highest BCUT2D eigenvalue weighted by molar-refractivity contribution is 7.92. The Balaban J connectivity index is 2.52. The van der Waals surface area contributed by atoms with Gasteiger partial charge in [-0.3, -0.25) is 9.10 Å². The second-order valence-electron chi connectivity index (χ2n) is 4.77. The van der Waals surface area contributed by atoms with Crippen molar-refractivity contribution >= 4 is 33.3 Å². The van der Waals surface area contributed by atoms with Crippen molar-refractivity contribution in [3.8, 4) is 0 Å². The number of carbonyl (C=O) groups is 1. The molecule has 24 heavy (non-hydrogen) atoms. The molecule has 2 aromatic rings. The number of nitrogens with zero attached hydrogens (tertiary/aromatic N) is 1. The fourth-order valence-electron chi connectivity index (χ4n) is 1.98. The second-order valence-corrected chi connectivity index (χ2v) is 7.07. The van der Waals surface area contributed by atoms with Gasteiger partial charge in [-0.1, -0.05) is 11.6 Å². The molecule has 0 bridgehead atoms. The largest absolute Gasteiger partial charge is 0.481 e. The van der Waals surface area contributed by atoms with Crippen LogP contribution in [0.1, 0.15) is 6.42 Å². The van der Waals surface area contributed by atoms with Gasteiger partial charge in [-0.2, -0.15) is 0 Å². The van der Waals surface area contributed by atoms with Crippen LogP contribution in [0.2, 0.25) is 5.02 Å². The third kappa shape index (κ3) is 4.01. The molecule has 0 aliphatic heterocycles. The zero-order chi connectivity index (χ0) is 17.9. The number of halogens is 3. The Hall–Kier alpha value is -2.19. The summed E-state index contributed by atoms with van der Waals surface area (Å²) >= 11 is 5.72. The number of carboxylic acid groups (broad SMARTS) is 1. The predicted molar refractivity (Wildman–Crippen MR) is 84.6 cm³/mol. The van der Waals surface area contributed by atoms with E-state index in [0.717, 1.165) is 12.1 Å². The van der Waals surface area contributed by atoms with Gasteiger partial charge in [0, 0.05) is 17.6 Å². The minimum atomic E-state index is -4.25. The lowest BCUT2D eigenvalue weighted by Gasteiger charge is -2.24. The van der Waals surface area contributed by atoms with Gasteiger partial charge in [-0.25, -0.2) is 17.2 Å². The fourth-order valence-corrected chi connectivity index (χ4v) is 3.58. The highest BCUT2D eigenvalue weighted by Gasteiger charge is 2.27. The first kappa shape index (κ1) is 18.2. The number of anilines is 1. The topological polar surface area (TPSA) is 74.7 Å². The second kappa shape index (κ2) is 7.14. The molecule has 1 N–H and O–H groups in total. The maximum atomic E-state index is 14.0. The lowest BCUT2D eigenvalue weighted by Crippen LogP contribution is -2.33. The molecule has 2 aromatic carbocycles. The van der Waals surface area contributed by atoms with Crippen molar-refractivity contribution in [2.24, 2.45) is 0 Å². The van der Waals surface area contributed by atoms with Crippen molar-refractivity contribution < 1.29 is 27.1 Å². The van der Waals surface area contributed by atoms with Crippen molar-refractivity contribution in [1.29, 1.82) is 0 Å². The first-order valence-corrected chi connectivity index (χ1v) is 8.49. The molecule has 0 aliphatic rings. The number of hydrogen-bond donors (Lipinski definition) is 1. The van der Waals surface area contributed by atoms with Crippen LogP contribution in [0.3, 0.4) is 0 Å². The van der Waals surface area contributed by atoms with Crippen molar-refractivity contribution in [3.63, 3.8) is 0 Å². The Kier molecular flexibility index (Phi) is 5.40. The maximum Gasteiger partial charge on any atom is 0.305 e. The smallest absolute Gasteiger partial charge is 0.305 e. The van der Waals surface area contributed by atoms with Crippen molar-refractivity contribution in [2.45, 2.75) is 11.3 Å². The molecule has 0 saturated carbocycles. The van der Waals surface area contributed by atoms with E-state index >= 15 is 0 Å². The summed E-state index contributed by atoms with van der Waals surface area (Å²) in [6.45, 7) is -0.511. The first-order chi connectivity index (χ1) is 11.2. The van der Waals surface area contributed by atoms with Crippen LogP contribution in [0.4, 0.5) is 14.5 Å². The lowest BCUT2D eigenvalue weighted by atomic mass is 10.3. The van der Waals surface area contributed by atoms with Crippen molar-refractivity contribution in [1.82, 2.24) is 0 Å². The summed E-state index contributed by atoms with van der Waals surface area (Å²) in [4.78, 5) is 10.6. The van der Waals surface area contributed by atoms with E-state index in [1.807, 2.05) is 0 Å². The molecule has 0 saturated heterocycles. The van der Waals surface area contributed by atoms with Crippen LogP contribution in [0.25, 0.3) is 0 Å². The predicted octanol–water partition coefficient (Wildman–Crippen LogP) is 3.29. The molecule has 2 rings (SSSR count). The van der Waals surface area contributed by atoms with Crippen LogP contribution in [-0.4, -0.2) is 26.0 Å². The number of aliphatic carboxylic acids is 1. The fraction of sp³-hybridized carbons (Fsp3) is 0.133. The molecule has 0 unspecified atom stereocenters. The summed E-state index contributed by atoms with van der Waals surface area (Å²) in [5.41, 5.74) is -0.437. The molecule has 0 atom stereocenters. The third-order valence-corrected chi connectivity index (χ3v) is 5.19. The van der Waals surface area contributed by atoms with Gasteiger partial charge in [-0.15, -0.1) is 0 Å². The Bertz CT molecular complexity index is 856. The van der Waals surface area contributed by atoms with E-state index in [1.165, 1.54) is 24.3 Å². The van der Waals surface area contributed by atoms with Gasteiger partial charge >= 0.3 is 5.97 Å². The van der Waals surface area contributed by atoms with Crippen molar-refractivity contribution in [3.05, 3.63) is 59.1 Å². The van der Waals surface area contributed by atoms with E-state index in [4.69, 9.17) is 16.7 Å². The zero-order valence-corrected chi connectivity index (χ0v) is 13.7. The van der Waals surface area contributed by atoms with Gasteiger partial charge < -0.3 is 5.11 Å². The SMILES string of the molecule is O=C(O)CCN(c1ccc(F)cc1F)S(=O)(=O)c1ccc(Cl)cc1. The zero-order valence-electron chi connectivity index (χ0n) is 12.1. The number of carboxylic acids is 1. The van der Waals surface area contributed by atoms with Gasteiger partial charge in [-0.05, 0) is 36.4 Å². The maximum absolute atomic E-state index is 14.0. The van der Waals surface area contributed by atoms with Crippen LogP contribution in [0.5, 0.6) is 0 Å². The minimum Gasteiger partial charge on any atom is -0.481 e. The number of benzene rings is 2. The number of sulfonamides is 1. The summed E-state index contributed by atoms with van der Waals surface area (Å²) in [5.74, 6) is -3.25. The van der Waals surface area contributed by atoms with Crippen LogP contribution < -0.4 is 4.31 Å². The van der Waals surface area contributed by atoms with E-state index in [2.05, 4.69) is 0 Å². The summed E-state index contributed by atoms with van der Waals surface area (Å²) < 4.78 is 53.1. The molecule has 0 radical (unpaired) electrons. The molecular formula is C15H12ClF2NO4S. The van der Waals surface area contributed by atoms with E-state index < -0.39 is 46.3 Å². The Morgan fingerprint density at radius 2 is 1.75 bits per heavy atom. The normalized spacial score (nSPS) is 11.3. The summed E-state index contributed by atoms with van der Waals surface area (Å²) in [5, 5.41) is 9.11. The Labute approximate surface area is 142 Å². The first-order valence-electron chi connectivity index (χ1n) is 6.67. The average Bonchev–Trinajstić information content (AvgIpc) is 2.49. The molecule has 0 aromatic heterocycles. The highest BCUT2D eigenvalue weighted by atomic mass is 35.5. The molecule has 128 valence electrons. The molecule has 9 heteroatoms. The van der Waals surface area contributed by atoms with Crippen LogP contribution >= 0.6 is 11.6 Å². The van der Waals surface area contributed by atoms with Crippen LogP contribution in [-0.2, 0) is 14.8 Å². The van der Waals surface area contributed by atoms with E-state index in [9.17, 15) is 22.0 Å². The lowest BCUT2D eigenvalue weighted by molar-refractivity contribution is -0.136. The van der Waals surface area contributed by atoms with E-state index in [-0.39, 0.29) is 4.90 Å². The van der Waals surface area contributed by atoms with Gasteiger partial charge in [0.15, 0.2) is 0 Å². The van der Waals surface area contributed by atoms with Crippen LogP contribution in [0, 0.1) is 11.6 Å². The molecule has 0 amide bonds. The third-order valence-electron chi connectivity index (χ3n) is 3.11. The van der Waals surface area contributed by atoms with Gasteiger partial charge in [0.05, 0.1) is 17.0 Å². The monoisotopic (exact) mass is 375 g/mol. The molecule has 0 aliphatic carbocycles. The summed E-state index contributed by atoms with van der Waals surface area (Å²) in [6, 6.07) is 7.47. The summed E-state index contributed by atoms with van der Waals surface area (Å²) in [7, 11) is -4.25. The molecule has 5 nitrogen and oxygen atoms in total. The Morgan fingerprint density at radius 1 is 1.12 bits per heavy atom. The quantitative estimate of drug-likeness (QED) is 0.840. The average molecular weight is 376 g/mol. The van der Waals surface area contributed by atoms with Crippen molar-refractivity contribution in [2.75, 3.05) is 10.8 Å². The van der Waals surface area contributed by atoms with Gasteiger partial charge in [0.25, 0.3) is 10.0 Å². The minimum absolute atomic E-state index is 0.194. The Morgan fingerprint density at radius 3 is 2.29 bits per heavy atom. The number of rotatable bonds is 6. The van der Waals surface area contributed by atoms with E-state index in [1.54, 1.807) is 0 Å². The molecular weight excluding hydrogens is 364 g/mol.